The van der Waals surface area contributed by atoms with E-state index in [0.29, 0.717) is 17.9 Å². The maximum atomic E-state index is 12.0. The molecule has 0 fully saturated rings. The molecule has 0 saturated heterocycles. The molecule has 190 valence electrons. The van der Waals surface area contributed by atoms with Crippen LogP contribution in [0.4, 0.5) is 0 Å². The summed E-state index contributed by atoms with van der Waals surface area (Å²) in [6.45, 7) is 1.75. The SMILES string of the molecule is C[C@H](CCC[C@H](SCCC(=O)N(C)C)c1cccc(/C=C/c2ccc3ccc(Cl)cc3n2)c1)C(=O)O. The van der Waals surface area contributed by atoms with E-state index in [-0.39, 0.29) is 17.1 Å². The van der Waals surface area contributed by atoms with Gasteiger partial charge in [0.2, 0.25) is 5.91 Å². The quantitative estimate of drug-likeness (QED) is 0.271. The number of carbonyl (C=O) groups is 2. The highest BCUT2D eigenvalue weighted by molar-refractivity contribution is 7.99. The Labute approximate surface area is 222 Å². The standard InChI is InChI=1S/C29H33ClN2O3S/c1-20(29(34)35)6-4-9-27(36-17-16-28(33)32(2)3)23-8-5-7-21(18-23)10-14-25-15-12-22-11-13-24(30)19-26(22)31-25/h5,7-8,10-15,18-20,27H,4,6,9,16-17H2,1-3H3,(H,34,35)/b14-10+/t20-,27+/m1/s1. The van der Waals surface area contributed by atoms with Crippen LogP contribution in [-0.2, 0) is 9.59 Å². The Morgan fingerprint density at radius 3 is 2.61 bits per heavy atom. The van der Waals surface area contributed by atoms with Crippen LogP contribution in [0, 0.1) is 5.92 Å². The zero-order valence-corrected chi connectivity index (χ0v) is 22.6. The van der Waals surface area contributed by atoms with Gasteiger partial charge in [-0.05, 0) is 48.2 Å². The highest BCUT2D eigenvalue weighted by atomic mass is 35.5. The summed E-state index contributed by atoms with van der Waals surface area (Å²) in [6, 6.07) is 18.1. The number of nitrogens with zero attached hydrogens (tertiary/aromatic N) is 2. The Morgan fingerprint density at radius 2 is 1.86 bits per heavy atom. The molecule has 0 saturated carbocycles. The Bertz CT molecular complexity index is 1230. The molecule has 0 aliphatic carbocycles. The predicted octanol–water partition coefficient (Wildman–Crippen LogP) is 7.20. The van der Waals surface area contributed by atoms with E-state index in [1.165, 1.54) is 5.56 Å². The van der Waals surface area contributed by atoms with Gasteiger partial charge in [-0.3, -0.25) is 9.59 Å². The van der Waals surface area contributed by atoms with Gasteiger partial charge in [0.25, 0.3) is 0 Å². The van der Waals surface area contributed by atoms with Crippen molar-refractivity contribution in [2.24, 2.45) is 5.92 Å². The average Bonchev–Trinajstić information content (AvgIpc) is 2.86. The largest absolute Gasteiger partial charge is 0.481 e. The van der Waals surface area contributed by atoms with Crippen molar-refractivity contribution in [1.29, 1.82) is 0 Å². The number of carboxylic acid groups (broad SMARTS) is 1. The molecule has 0 radical (unpaired) electrons. The molecule has 3 rings (SSSR count). The summed E-state index contributed by atoms with van der Waals surface area (Å²) in [4.78, 5) is 29.6. The van der Waals surface area contributed by atoms with E-state index in [2.05, 4.69) is 18.2 Å². The molecule has 36 heavy (non-hydrogen) atoms. The Balaban J connectivity index is 1.73. The molecule has 2 atom stereocenters. The van der Waals surface area contributed by atoms with Crippen LogP contribution in [0.15, 0.2) is 54.6 Å². The third-order valence-corrected chi connectivity index (χ3v) is 7.65. The summed E-state index contributed by atoms with van der Waals surface area (Å²) in [5, 5.41) is 11.1. The van der Waals surface area contributed by atoms with Gasteiger partial charge < -0.3 is 10.0 Å². The molecular formula is C29H33ClN2O3S. The number of hydrogen-bond acceptors (Lipinski definition) is 4. The third kappa shape index (κ3) is 8.38. The van der Waals surface area contributed by atoms with E-state index in [1.807, 2.05) is 48.6 Å². The zero-order chi connectivity index (χ0) is 26.1. The number of rotatable bonds is 12. The second-order valence-electron chi connectivity index (χ2n) is 9.14. The maximum Gasteiger partial charge on any atom is 0.306 e. The van der Waals surface area contributed by atoms with Crippen molar-refractivity contribution in [3.05, 3.63) is 76.4 Å². The van der Waals surface area contributed by atoms with Crippen molar-refractivity contribution in [3.63, 3.8) is 0 Å². The van der Waals surface area contributed by atoms with Crippen molar-refractivity contribution in [3.8, 4) is 0 Å². The fourth-order valence-corrected chi connectivity index (χ4v) is 5.25. The molecule has 1 N–H and O–H groups in total. The number of carboxylic acids is 1. The Morgan fingerprint density at radius 1 is 1.08 bits per heavy atom. The number of aromatic nitrogens is 1. The Kier molecular flexibility index (Phi) is 10.4. The van der Waals surface area contributed by atoms with Crippen molar-refractivity contribution < 1.29 is 14.7 Å². The highest BCUT2D eigenvalue weighted by Gasteiger charge is 2.16. The molecule has 3 aromatic rings. The molecule has 0 bridgehead atoms. The number of halogens is 1. The number of carbonyl (C=O) groups excluding carboxylic acids is 1. The lowest BCUT2D eigenvalue weighted by Gasteiger charge is -2.19. The van der Waals surface area contributed by atoms with Crippen LogP contribution in [-0.4, -0.2) is 46.7 Å². The summed E-state index contributed by atoms with van der Waals surface area (Å²) in [5.74, 6) is -0.279. The van der Waals surface area contributed by atoms with Gasteiger partial charge in [0.1, 0.15) is 0 Å². The van der Waals surface area contributed by atoms with Crippen LogP contribution in [0.1, 0.15) is 54.7 Å². The number of hydrogen-bond donors (Lipinski definition) is 1. The lowest BCUT2D eigenvalue weighted by molar-refractivity contribution is -0.141. The van der Waals surface area contributed by atoms with Crippen LogP contribution in [0.2, 0.25) is 5.02 Å². The molecule has 2 aromatic carbocycles. The molecule has 1 amide bonds. The van der Waals surface area contributed by atoms with E-state index in [4.69, 9.17) is 16.6 Å². The van der Waals surface area contributed by atoms with Crippen LogP contribution < -0.4 is 0 Å². The lowest BCUT2D eigenvalue weighted by Crippen LogP contribution is -2.21. The van der Waals surface area contributed by atoms with Gasteiger partial charge in [-0.15, -0.1) is 0 Å². The number of benzene rings is 2. The normalized spacial score (nSPS) is 13.1. The van der Waals surface area contributed by atoms with Gasteiger partial charge in [0.05, 0.1) is 17.1 Å². The van der Waals surface area contributed by atoms with Gasteiger partial charge >= 0.3 is 5.97 Å². The van der Waals surface area contributed by atoms with Crippen molar-refractivity contribution in [2.45, 2.75) is 37.9 Å². The van der Waals surface area contributed by atoms with Crippen molar-refractivity contribution in [2.75, 3.05) is 19.8 Å². The van der Waals surface area contributed by atoms with Crippen LogP contribution in [0.5, 0.6) is 0 Å². The third-order valence-electron chi connectivity index (χ3n) is 6.06. The minimum atomic E-state index is -0.757. The molecule has 0 unspecified atom stereocenters. The first-order valence-corrected chi connectivity index (χ1v) is 13.5. The fourth-order valence-electron chi connectivity index (χ4n) is 3.83. The topological polar surface area (TPSA) is 70.5 Å². The second-order valence-corrected chi connectivity index (χ2v) is 10.9. The maximum absolute atomic E-state index is 12.0. The van der Waals surface area contributed by atoms with Gasteiger partial charge in [0, 0.05) is 41.9 Å². The highest BCUT2D eigenvalue weighted by Crippen LogP contribution is 2.35. The van der Waals surface area contributed by atoms with Gasteiger partial charge in [-0.2, -0.15) is 11.8 Å². The molecule has 7 heteroatoms. The predicted molar refractivity (Wildman–Crippen MR) is 151 cm³/mol. The van der Waals surface area contributed by atoms with E-state index in [1.54, 1.807) is 37.7 Å². The Hall–Kier alpha value is -2.83. The van der Waals surface area contributed by atoms with Crippen LogP contribution >= 0.6 is 23.4 Å². The molecule has 1 heterocycles. The lowest BCUT2D eigenvalue weighted by atomic mass is 9.99. The summed E-state index contributed by atoms with van der Waals surface area (Å²) < 4.78 is 0. The second kappa shape index (κ2) is 13.5. The average molecular weight is 525 g/mol. The van der Waals surface area contributed by atoms with E-state index >= 15 is 0 Å². The molecule has 0 spiro atoms. The minimum absolute atomic E-state index is 0.113. The molecule has 1 aromatic heterocycles. The van der Waals surface area contributed by atoms with Crippen LogP contribution in [0.3, 0.4) is 0 Å². The zero-order valence-electron chi connectivity index (χ0n) is 21.0. The number of pyridine rings is 1. The first kappa shape index (κ1) is 27.8. The fraction of sp³-hybridized carbons (Fsp3) is 0.345. The molecule has 0 aliphatic heterocycles. The number of fused-ring (bicyclic) bond motifs is 1. The molecule has 0 aliphatic rings. The summed E-state index contributed by atoms with van der Waals surface area (Å²) in [7, 11) is 3.54. The van der Waals surface area contributed by atoms with E-state index < -0.39 is 5.97 Å². The van der Waals surface area contributed by atoms with Gasteiger partial charge in [-0.25, -0.2) is 4.98 Å². The van der Waals surface area contributed by atoms with E-state index in [0.717, 1.165) is 40.8 Å². The smallest absolute Gasteiger partial charge is 0.306 e. The molecule has 5 nitrogen and oxygen atoms in total. The van der Waals surface area contributed by atoms with Crippen LogP contribution in [0.25, 0.3) is 23.1 Å². The van der Waals surface area contributed by atoms with Gasteiger partial charge in [-0.1, -0.05) is 67.4 Å². The number of amides is 1. The number of aliphatic carboxylic acids is 1. The van der Waals surface area contributed by atoms with Crippen molar-refractivity contribution >= 4 is 58.3 Å². The summed E-state index contributed by atoms with van der Waals surface area (Å²) in [6.07, 6.45) is 6.84. The monoisotopic (exact) mass is 524 g/mol. The molecular weight excluding hydrogens is 492 g/mol. The summed E-state index contributed by atoms with van der Waals surface area (Å²) >= 11 is 7.88. The van der Waals surface area contributed by atoms with E-state index in [9.17, 15) is 14.7 Å². The first-order chi connectivity index (χ1) is 17.2. The van der Waals surface area contributed by atoms with Gasteiger partial charge in [0.15, 0.2) is 0 Å². The first-order valence-electron chi connectivity index (χ1n) is 12.1. The summed E-state index contributed by atoms with van der Waals surface area (Å²) in [5.41, 5.74) is 3.96. The number of thioether (sulfide) groups is 1. The van der Waals surface area contributed by atoms with Crippen molar-refractivity contribution in [1.82, 2.24) is 9.88 Å². The minimum Gasteiger partial charge on any atom is -0.481 e.